The van der Waals surface area contributed by atoms with E-state index in [9.17, 15) is 22.8 Å². The Kier molecular flexibility index (Phi) is 5.55. The van der Waals surface area contributed by atoms with Gasteiger partial charge in [0.25, 0.3) is 5.91 Å². The van der Waals surface area contributed by atoms with Crippen molar-refractivity contribution in [1.29, 1.82) is 0 Å². The number of carbonyl (C=O) groups excluding carboxylic acids is 2. The molecule has 0 saturated carbocycles. The van der Waals surface area contributed by atoms with Crippen molar-refractivity contribution in [2.75, 3.05) is 33.2 Å². The molecule has 1 fully saturated rings. The van der Waals surface area contributed by atoms with Gasteiger partial charge in [0, 0.05) is 37.9 Å². The highest BCUT2D eigenvalue weighted by atomic mass is 19.4. The zero-order valence-electron chi connectivity index (χ0n) is 17.1. The lowest BCUT2D eigenvalue weighted by molar-refractivity contribution is -0.141. The molecule has 0 bridgehead atoms. The van der Waals surface area contributed by atoms with E-state index in [2.05, 4.69) is 24.8 Å². The first-order valence-electron chi connectivity index (χ1n) is 9.80. The van der Waals surface area contributed by atoms with Crippen molar-refractivity contribution in [3.63, 3.8) is 0 Å². The third-order valence-corrected chi connectivity index (χ3v) is 5.32. The SMILES string of the molecule is CN1CCN(C(=O)c2ccc3nc(C(C(N)=O)c4nccc(C(F)(F)F)n4)[nH]c3c2)CC1. The third-order valence-electron chi connectivity index (χ3n) is 5.32. The molecule has 9 nitrogen and oxygen atoms in total. The van der Waals surface area contributed by atoms with Crippen molar-refractivity contribution in [1.82, 2.24) is 29.7 Å². The van der Waals surface area contributed by atoms with Gasteiger partial charge in [-0.2, -0.15) is 13.2 Å². The Morgan fingerprint density at radius 2 is 1.84 bits per heavy atom. The summed E-state index contributed by atoms with van der Waals surface area (Å²) in [6.45, 7) is 2.77. The van der Waals surface area contributed by atoms with Gasteiger partial charge in [-0.05, 0) is 31.3 Å². The Bertz CT molecular complexity index is 1170. The summed E-state index contributed by atoms with van der Waals surface area (Å²) in [4.78, 5) is 43.2. The topological polar surface area (TPSA) is 121 Å². The number of rotatable bonds is 4. The maximum Gasteiger partial charge on any atom is 0.433 e. The molecular formula is C20H20F3N7O2. The highest BCUT2D eigenvalue weighted by Crippen LogP contribution is 2.29. The van der Waals surface area contributed by atoms with Crippen LogP contribution in [0, 0.1) is 0 Å². The molecule has 1 aromatic carbocycles. The van der Waals surface area contributed by atoms with Crippen molar-refractivity contribution >= 4 is 22.8 Å². The second-order valence-electron chi connectivity index (χ2n) is 7.58. The molecule has 32 heavy (non-hydrogen) atoms. The number of primary amides is 1. The van der Waals surface area contributed by atoms with Crippen LogP contribution in [0.1, 0.15) is 33.6 Å². The minimum Gasteiger partial charge on any atom is -0.369 e. The molecule has 1 unspecified atom stereocenters. The van der Waals surface area contributed by atoms with Crippen LogP contribution in [-0.4, -0.2) is 74.8 Å². The predicted octanol–water partition coefficient (Wildman–Crippen LogP) is 1.38. The number of aromatic amines is 1. The fraction of sp³-hybridized carbons (Fsp3) is 0.350. The highest BCUT2D eigenvalue weighted by Gasteiger charge is 2.35. The second-order valence-corrected chi connectivity index (χ2v) is 7.58. The van der Waals surface area contributed by atoms with Crippen molar-refractivity contribution in [2.45, 2.75) is 12.1 Å². The van der Waals surface area contributed by atoms with Crippen LogP contribution in [0.5, 0.6) is 0 Å². The van der Waals surface area contributed by atoms with Gasteiger partial charge in [0.05, 0.1) is 11.0 Å². The number of nitrogens with two attached hydrogens (primary N) is 1. The summed E-state index contributed by atoms with van der Waals surface area (Å²) in [6, 6.07) is 5.52. The molecule has 3 heterocycles. The molecule has 1 saturated heterocycles. The summed E-state index contributed by atoms with van der Waals surface area (Å²) in [5.74, 6) is -2.93. The normalized spacial score (nSPS) is 16.3. The molecule has 1 aliphatic heterocycles. The van der Waals surface area contributed by atoms with E-state index < -0.39 is 29.5 Å². The van der Waals surface area contributed by atoms with Crippen LogP contribution in [0.3, 0.4) is 0 Å². The van der Waals surface area contributed by atoms with Gasteiger partial charge in [-0.15, -0.1) is 0 Å². The van der Waals surface area contributed by atoms with Crippen LogP contribution in [0.15, 0.2) is 30.5 Å². The number of fused-ring (bicyclic) bond motifs is 1. The average Bonchev–Trinajstić information content (AvgIpc) is 3.15. The fourth-order valence-corrected chi connectivity index (χ4v) is 3.55. The number of piperazine rings is 1. The van der Waals surface area contributed by atoms with Crippen LogP contribution >= 0.6 is 0 Å². The minimum atomic E-state index is -4.70. The summed E-state index contributed by atoms with van der Waals surface area (Å²) >= 11 is 0. The Morgan fingerprint density at radius 1 is 1.12 bits per heavy atom. The molecule has 2 aromatic heterocycles. The Morgan fingerprint density at radius 3 is 2.50 bits per heavy atom. The number of nitrogens with zero attached hydrogens (tertiary/aromatic N) is 5. The zero-order chi connectivity index (χ0) is 23.0. The number of alkyl halides is 3. The van der Waals surface area contributed by atoms with Crippen molar-refractivity contribution in [3.05, 3.63) is 53.4 Å². The Hall–Kier alpha value is -3.54. The van der Waals surface area contributed by atoms with Gasteiger partial charge in [-0.1, -0.05) is 0 Å². The van der Waals surface area contributed by atoms with Gasteiger partial charge in [0.1, 0.15) is 17.3 Å². The van der Waals surface area contributed by atoms with E-state index in [4.69, 9.17) is 5.73 Å². The third kappa shape index (κ3) is 4.26. The number of aromatic nitrogens is 4. The number of amides is 2. The molecule has 3 aromatic rings. The molecule has 4 rings (SSSR count). The van der Waals surface area contributed by atoms with E-state index in [-0.39, 0.29) is 11.7 Å². The molecule has 0 aliphatic carbocycles. The standard InChI is InChI=1S/C20H20F3N7O2/c1-29-6-8-30(9-7-29)19(32)11-2-3-12-13(10-11)27-18(26-12)15(16(24)31)17-25-5-4-14(28-17)20(21,22)23/h2-5,10,15H,6-9H2,1H3,(H2,24,31)(H,26,27). The molecule has 1 aliphatic rings. The van der Waals surface area contributed by atoms with Crippen LogP contribution in [0.25, 0.3) is 11.0 Å². The Labute approximate surface area is 180 Å². The zero-order valence-corrected chi connectivity index (χ0v) is 17.1. The van der Waals surface area contributed by atoms with Crippen molar-refractivity contribution in [3.8, 4) is 0 Å². The minimum absolute atomic E-state index is 0.00368. The fourth-order valence-electron chi connectivity index (χ4n) is 3.55. The quantitative estimate of drug-likeness (QED) is 0.623. The largest absolute Gasteiger partial charge is 0.433 e. The van der Waals surface area contributed by atoms with E-state index in [1.165, 1.54) is 0 Å². The monoisotopic (exact) mass is 447 g/mol. The molecule has 1 atom stereocenters. The molecule has 3 N–H and O–H groups in total. The summed E-state index contributed by atoms with van der Waals surface area (Å²) in [5, 5.41) is 0. The first-order valence-corrected chi connectivity index (χ1v) is 9.80. The van der Waals surface area contributed by atoms with Gasteiger partial charge < -0.3 is 20.5 Å². The molecule has 0 spiro atoms. The number of nitrogens with one attached hydrogen (secondary N) is 1. The summed E-state index contributed by atoms with van der Waals surface area (Å²) in [7, 11) is 1.99. The number of hydrogen-bond donors (Lipinski definition) is 2. The van der Waals surface area contributed by atoms with E-state index in [0.717, 1.165) is 19.3 Å². The van der Waals surface area contributed by atoms with Crippen molar-refractivity contribution < 1.29 is 22.8 Å². The van der Waals surface area contributed by atoms with Crippen LogP contribution in [-0.2, 0) is 11.0 Å². The molecular weight excluding hydrogens is 427 g/mol. The summed E-state index contributed by atoms with van der Waals surface area (Å²) < 4.78 is 39.1. The maximum atomic E-state index is 13.0. The summed E-state index contributed by atoms with van der Waals surface area (Å²) in [6.07, 6.45) is -3.79. The number of benzene rings is 1. The average molecular weight is 447 g/mol. The number of halogens is 3. The van der Waals surface area contributed by atoms with Crippen molar-refractivity contribution in [2.24, 2.45) is 5.73 Å². The van der Waals surface area contributed by atoms with Gasteiger partial charge in [0.2, 0.25) is 5.91 Å². The van der Waals surface area contributed by atoms with E-state index in [1.54, 1.807) is 23.1 Å². The first kappa shape index (κ1) is 21.7. The molecule has 168 valence electrons. The lowest BCUT2D eigenvalue weighted by Crippen LogP contribution is -2.47. The lowest BCUT2D eigenvalue weighted by Gasteiger charge is -2.32. The predicted molar refractivity (Wildman–Crippen MR) is 108 cm³/mol. The second kappa shape index (κ2) is 8.19. The van der Waals surface area contributed by atoms with Gasteiger partial charge in [-0.3, -0.25) is 9.59 Å². The van der Waals surface area contributed by atoms with Gasteiger partial charge in [0.15, 0.2) is 5.92 Å². The highest BCUT2D eigenvalue weighted by molar-refractivity contribution is 5.97. The van der Waals surface area contributed by atoms with Crippen LogP contribution < -0.4 is 5.73 Å². The smallest absolute Gasteiger partial charge is 0.369 e. The van der Waals surface area contributed by atoms with E-state index >= 15 is 0 Å². The first-order chi connectivity index (χ1) is 15.1. The van der Waals surface area contributed by atoms with Crippen LogP contribution in [0.2, 0.25) is 0 Å². The lowest BCUT2D eigenvalue weighted by atomic mass is 10.1. The Balaban J connectivity index is 1.66. The maximum absolute atomic E-state index is 13.0. The van der Waals surface area contributed by atoms with E-state index in [1.807, 2.05) is 7.05 Å². The molecule has 2 amide bonds. The van der Waals surface area contributed by atoms with Gasteiger partial charge >= 0.3 is 6.18 Å². The molecule has 0 radical (unpaired) electrons. The molecule has 12 heteroatoms. The number of hydrogen-bond acceptors (Lipinski definition) is 6. The number of H-pyrrole nitrogens is 1. The number of carbonyl (C=O) groups is 2. The number of imidazole rings is 1. The summed E-state index contributed by atoms with van der Waals surface area (Å²) in [5.41, 5.74) is 5.55. The van der Waals surface area contributed by atoms with E-state index in [0.29, 0.717) is 35.8 Å². The van der Waals surface area contributed by atoms with Gasteiger partial charge in [-0.25, -0.2) is 15.0 Å². The number of likely N-dealkylation sites (N-methyl/N-ethyl adjacent to an activating group) is 1. The van der Waals surface area contributed by atoms with Crippen LogP contribution in [0.4, 0.5) is 13.2 Å².